The molecule has 1 aromatic heterocycles. The number of aromatic nitrogens is 2. The summed E-state index contributed by atoms with van der Waals surface area (Å²) in [6.45, 7) is 5.80. The lowest BCUT2D eigenvalue weighted by Crippen LogP contribution is -2.37. The van der Waals surface area contributed by atoms with E-state index in [1.54, 1.807) is 0 Å². The van der Waals surface area contributed by atoms with E-state index in [9.17, 15) is 4.79 Å². The van der Waals surface area contributed by atoms with Gasteiger partial charge in [-0.1, -0.05) is 37.3 Å². The summed E-state index contributed by atoms with van der Waals surface area (Å²) in [5, 5.41) is 13.6. The van der Waals surface area contributed by atoms with Crippen LogP contribution in [0.2, 0.25) is 0 Å². The molecule has 3 N–H and O–H groups in total. The first-order valence-corrected chi connectivity index (χ1v) is 7.79. The average molecular weight is 335 g/mol. The second kappa shape index (κ2) is 7.62. The van der Waals surface area contributed by atoms with Crippen LogP contribution in [-0.2, 0) is 13.0 Å². The van der Waals surface area contributed by atoms with Crippen molar-refractivity contribution >= 4 is 18.3 Å². The number of rotatable bonds is 4. The van der Waals surface area contributed by atoms with Crippen LogP contribution in [0.15, 0.2) is 30.3 Å². The number of nitrogens with zero attached hydrogens (tertiary/aromatic N) is 1. The lowest BCUT2D eigenvalue weighted by atomic mass is 9.94. The van der Waals surface area contributed by atoms with Gasteiger partial charge >= 0.3 is 0 Å². The number of fused-ring (bicyclic) bond motifs is 1. The smallest absolute Gasteiger partial charge is 0.272 e. The van der Waals surface area contributed by atoms with Gasteiger partial charge in [0.25, 0.3) is 5.91 Å². The molecule has 0 saturated carbocycles. The fourth-order valence-electron chi connectivity index (χ4n) is 2.86. The molecule has 0 saturated heterocycles. The van der Waals surface area contributed by atoms with Gasteiger partial charge in [0.2, 0.25) is 0 Å². The quantitative estimate of drug-likeness (QED) is 0.804. The lowest BCUT2D eigenvalue weighted by Gasteiger charge is -2.22. The highest BCUT2D eigenvalue weighted by atomic mass is 35.5. The molecule has 1 aliphatic heterocycles. The molecular formula is C17H23ClN4O. The molecule has 0 fully saturated rings. The molecule has 0 radical (unpaired) electrons. The number of carbonyl (C=O) groups excluding carboxylic acids is 1. The summed E-state index contributed by atoms with van der Waals surface area (Å²) in [4.78, 5) is 12.5. The second-order valence-electron chi connectivity index (χ2n) is 5.92. The summed E-state index contributed by atoms with van der Waals surface area (Å²) >= 11 is 0. The highest BCUT2D eigenvalue weighted by molar-refractivity contribution is 5.94. The minimum absolute atomic E-state index is 0. The van der Waals surface area contributed by atoms with Crippen molar-refractivity contribution in [1.29, 1.82) is 0 Å². The van der Waals surface area contributed by atoms with E-state index in [0.717, 1.165) is 24.2 Å². The fourth-order valence-corrected chi connectivity index (χ4v) is 2.86. The highest BCUT2D eigenvalue weighted by Gasteiger charge is 2.24. The van der Waals surface area contributed by atoms with E-state index in [0.29, 0.717) is 12.2 Å². The molecule has 23 heavy (non-hydrogen) atoms. The molecule has 5 nitrogen and oxygen atoms in total. The summed E-state index contributed by atoms with van der Waals surface area (Å²) < 4.78 is 0. The van der Waals surface area contributed by atoms with Crippen molar-refractivity contribution in [3.05, 3.63) is 52.8 Å². The second-order valence-corrected chi connectivity index (χ2v) is 5.92. The van der Waals surface area contributed by atoms with Crippen molar-refractivity contribution in [3.63, 3.8) is 0 Å². The van der Waals surface area contributed by atoms with E-state index in [4.69, 9.17) is 0 Å². The van der Waals surface area contributed by atoms with Gasteiger partial charge in [0, 0.05) is 42.7 Å². The largest absolute Gasteiger partial charge is 0.348 e. The molecule has 124 valence electrons. The van der Waals surface area contributed by atoms with Crippen LogP contribution in [0.4, 0.5) is 0 Å². The topological polar surface area (TPSA) is 69.8 Å². The number of hydrogen-bond acceptors (Lipinski definition) is 3. The van der Waals surface area contributed by atoms with E-state index in [2.05, 4.69) is 39.9 Å². The molecule has 0 aliphatic carbocycles. The normalized spacial score (nSPS) is 15.9. The predicted molar refractivity (Wildman–Crippen MR) is 93.0 cm³/mol. The average Bonchev–Trinajstić information content (AvgIpc) is 2.99. The van der Waals surface area contributed by atoms with Gasteiger partial charge in [-0.15, -0.1) is 12.4 Å². The van der Waals surface area contributed by atoms with Crippen LogP contribution >= 0.6 is 12.4 Å². The Morgan fingerprint density at radius 1 is 1.26 bits per heavy atom. The first-order chi connectivity index (χ1) is 10.7. The number of carbonyl (C=O) groups is 1. The van der Waals surface area contributed by atoms with Crippen molar-refractivity contribution in [2.24, 2.45) is 0 Å². The molecule has 1 aliphatic rings. The third-order valence-electron chi connectivity index (χ3n) is 4.46. The molecule has 2 unspecified atom stereocenters. The number of halogens is 1. The van der Waals surface area contributed by atoms with Crippen LogP contribution in [0, 0.1) is 0 Å². The predicted octanol–water partition coefficient (Wildman–Crippen LogP) is 2.40. The minimum atomic E-state index is -0.100. The summed E-state index contributed by atoms with van der Waals surface area (Å²) in [6.07, 6.45) is 0.894. The Morgan fingerprint density at radius 2 is 2.00 bits per heavy atom. The molecule has 1 aromatic carbocycles. The maximum Gasteiger partial charge on any atom is 0.272 e. The molecule has 0 bridgehead atoms. The van der Waals surface area contributed by atoms with Gasteiger partial charge < -0.3 is 10.6 Å². The first-order valence-electron chi connectivity index (χ1n) is 7.79. The highest BCUT2D eigenvalue weighted by Crippen LogP contribution is 2.20. The zero-order valence-corrected chi connectivity index (χ0v) is 14.2. The van der Waals surface area contributed by atoms with Gasteiger partial charge in [-0.3, -0.25) is 9.89 Å². The molecule has 2 atom stereocenters. The van der Waals surface area contributed by atoms with Gasteiger partial charge in [-0.25, -0.2) is 0 Å². The van der Waals surface area contributed by atoms with Gasteiger partial charge in [-0.2, -0.15) is 5.10 Å². The van der Waals surface area contributed by atoms with Crippen LogP contribution in [0.25, 0.3) is 0 Å². The van der Waals surface area contributed by atoms with Gasteiger partial charge in [0.05, 0.1) is 0 Å². The Balaban J connectivity index is 0.00000192. The van der Waals surface area contributed by atoms with E-state index in [1.165, 1.54) is 5.56 Å². The van der Waals surface area contributed by atoms with Crippen LogP contribution in [0.1, 0.15) is 47.1 Å². The van der Waals surface area contributed by atoms with Crippen molar-refractivity contribution < 1.29 is 4.79 Å². The lowest BCUT2D eigenvalue weighted by molar-refractivity contribution is 0.0929. The molecule has 0 spiro atoms. The van der Waals surface area contributed by atoms with Crippen LogP contribution in [0.3, 0.4) is 0 Å². The summed E-state index contributed by atoms with van der Waals surface area (Å²) in [7, 11) is 0. The number of nitrogens with one attached hydrogen (secondary N) is 3. The zero-order chi connectivity index (χ0) is 15.5. The van der Waals surface area contributed by atoms with E-state index in [-0.39, 0.29) is 30.3 Å². The van der Waals surface area contributed by atoms with Gasteiger partial charge in [-0.05, 0) is 12.5 Å². The Hall–Kier alpha value is -1.85. The van der Waals surface area contributed by atoms with E-state index >= 15 is 0 Å². The van der Waals surface area contributed by atoms with Gasteiger partial charge in [0.1, 0.15) is 0 Å². The molecular weight excluding hydrogens is 312 g/mol. The SMILES string of the molecule is CC(NC(=O)c1n[nH]c2c1CNCC2)C(C)c1ccccc1.Cl. The van der Waals surface area contributed by atoms with E-state index < -0.39 is 0 Å². The molecule has 2 aromatic rings. The standard InChI is InChI=1S/C17H22N4O.ClH/c1-11(13-6-4-3-5-7-13)12(2)19-17(22)16-14-10-18-9-8-15(14)20-21-16;/h3-7,11-12,18H,8-10H2,1-2H3,(H,19,22)(H,20,21);1H. The van der Waals surface area contributed by atoms with Crippen LogP contribution in [0.5, 0.6) is 0 Å². The van der Waals surface area contributed by atoms with Crippen molar-refractivity contribution in [2.45, 2.75) is 38.8 Å². The first kappa shape index (κ1) is 17.5. The van der Waals surface area contributed by atoms with E-state index in [1.807, 2.05) is 25.1 Å². The van der Waals surface area contributed by atoms with Crippen LogP contribution in [-0.4, -0.2) is 28.7 Å². The minimum Gasteiger partial charge on any atom is -0.348 e. The fraction of sp³-hybridized carbons (Fsp3) is 0.412. The van der Waals surface area contributed by atoms with Gasteiger partial charge in [0.15, 0.2) is 5.69 Å². The van der Waals surface area contributed by atoms with Crippen molar-refractivity contribution in [2.75, 3.05) is 6.54 Å². The third-order valence-corrected chi connectivity index (χ3v) is 4.46. The molecule has 3 rings (SSSR count). The number of hydrogen-bond donors (Lipinski definition) is 3. The maximum absolute atomic E-state index is 12.5. The Bertz CT molecular complexity index is 656. The third kappa shape index (κ3) is 3.74. The summed E-state index contributed by atoms with van der Waals surface area (Å²) in [6, 6.07) is 10.3. The number of H-pyrrole nitrogens is 1. The Kier molecular flexibility index (Phi) is 5.80. The number of benzene rings is 1. The number of amides is 1. The summed E-state index contributed by atoms with van der Waals surface area (Å²) in [5.74, 6) is 0.148. The zero-order valence-electron chi connectivity index (χ0n) is 13.4. The molecule has 2 heterocycles. The van der Waals surface area contributed by atoms with Crippen LogP contribution < -0.4 is 10.6 Å². The Labute approximate surface area is 142 Å². The van der Waals surface area contributed by atoms with Crippen molar-refractivity contribution in [1.82, 2.24) is 20.8 Å². The van der Waals surface area contributed by atoms with Crippen molar-refractivity contribution in [3.8, 4) is 0 Å². The summed E-state index contributed by atoms with van der Waals surface area (Å²) in [5.41, 5.74) is 3.83. The molecule has 6 heteroatoms. The Morgan fingerprint density at radius 3 is 2.74 bits per heavy atom. The maximum atomic E-state index is 12.5. The number of aromatic amines is 1. The monoisotopic (exact) mass is 334 g/mol. The molecule has 1 amide bonds.